The predicted molar refractivity (Wildman–Crippen MR) is 97.7 cm³/mol. The van der Waals surface area contributed by atoms with Gasteiger partial charge in [-0.15, -0.1) is 0 Å². The first-order valence-corrected chi connectivity index (χ1v) is 9.40. The summed E-state index contributed by atoms with van der Waals surface area (Å²) in [6.45, 7) is 6.79. The van der Waals surface area contributed by atoms with Crippen molar-refractivity contribution in [2.45, 2.75) is 44.6 Å². The number of piperazine rings is 1. The van der Waals surface area contributed by atoms with Crippen LogP contribution in [0.4, 0.5) is 0 Å². The average molecular weight is 329 g/mol. The van der Waals surface area contributed by atoms with Gasteiger partial charge in [0.05, 0.1) is 5.92 Å². The third-order valence-electron chi connectivity index (χ3n) is 5.80. The van der Waals surface area contributed by atoms with Gasteiger partial charge in [-0.1, -0.05) is 43.2 Å². The second-order valence-electron chi connectivity index (χ2n) is 7.71. The Morgan fingerprint density at radius 3 is 2.54 bits per heavy atom. The van der Waals surface area contributed by atoms with Crippen LogP contribution in [0.3, 0.4) is 0 Å². The molecule has 2 unspecified atom stereocenters. The maximum atomic E-state index is 12.9. The van der Waals surface area contributed by atoms with Crippen molar-refractivity contribution >= 4 is 5.91 Å². The van der Waals surface area contributed by atoms with E-state index in [0.29, 0.717) is 5.91 Å². The van der Waals surface area contributed by atoms with Gasteiger partial charge in [-0.25, -0.2) is 0 Å². The first-order valence-electron chi connectivity index (χ1n) is 9.40. The van der Waals surface area contributed by atoms with Crippen LogP contribution in [-0.2, 0) is 11.2 Å². The highest BCUT2D eigenvalue weighted by Crippen LogP contribution is 2.33. The lowest BCUT2D eigenvalue weighted by Crippen LogP contribution is -2.57. The molecule has 4 heteroatoms. The molecule has 1 aromatic carbocycles. The summed E-state index contributed by atoms with van der Waals surface area (Å²) in [5.41, 5.74) is 7.48. The predicted octanol–water partition coefficient (Wildman–Crippen LogP) is 2.28. The van der Waals surface area contributed by atoms with Gasteiger partial charge in [0.2, 0.25) is 5.91 Å². The van der Waals surface area contributed by atoms with Crippen LogP contribution < -0.4 is 5.73 Å². The van der Waals surface area contributed by atoms with Gasteiger partial charge in [-0.3, -0.25) is 9.69 Å². The van der Waals surface area contributed by atoms with Crippen molar-refractivity contribution in [3.8, 4) is 0 Å². The average Bonchev–Trinajstić information content (AvgIpc) is 2.60. The summed E-state index contributed by atoms with van der Waals surface area (Å²) in [4.78, 5) is 17.4. The number of nitrogens with two attached hydrogens (primary N) is 1. The zero-order valence-corrected chi connectivity index (χ0v) is 14.9. The first-order chi connectivity index (χ1) is 11.6. The molecule has 0 radical (unpaired) electrons. The number of carbonyl (C=O) groups excluding carboxylic acids is 1. The third kappa shape index (κ3) is 4.17. The van der Waals surface area contributed by atoms with Gasteiger partial charge in [0.1, 0.15) is 0 Å². The van der Waals surface area contributed by atoms with Crippen LogP contribution >= 0.6 is 0 Å². The molecule has 0 spiro atoms. The summed E-state index contributed by atoms with van der Waals surface area (Å²) >= 11 is 0. The van der Waals surface area contributed by atoms with E-state index in [4.69, 9.17) is 5.73 Å². The van der Waals surface area contributed by atoms with E-state index in [9.17, 15) is 4.79 Å². The summed E-state index contributed by atoms with van der Waals surface area (Å²) in [5.74, 6) is 0.310. The quantitative estimate of drug-likeness (QED) is 0.922. The molecule has 1 saturated carbocycles. The summed E-state index contributed by atoms with van der Waals surface area (Å²) in [5, 5.41) is 0. The Hall–Kier alpha value is -1.39. The fraction of sp³-hybridized carbons (Fsp3) is 0.650. The number of hydrogen-bond acceptors (Lipinski definition) is 3. The van der Waals surface area contributed by atoms with Crippen molar-refractivity contribution in [3.05, 3.63) is 35.9 Å². The van der Waals surface area contributed by atoms with Crippen LogP contribution in [0.1, 0.15) is 38.2 Å². The standard InChI is InChI=1S/C20H31N3O/c1-20(21)11-6-5-9-18(20)19(24)23-15-13-22(14-16-23)12-10-17-7-3-2-4-8-17/h2-4,7-8,18H,5-6,9-16,21H2,1H3. The maximum Gasteiger partial charge on any atom is 0.227 e. The Labute approximate surface area is 146 Å². The van der Waals surface area contributed by atoms with Gasteiger partial charge in [0, 0.05) is 38.3 Å². The Morgan fingerprint density at radius 1 is 1.17 bits per heavy atom. The zero-order valence-electron chi connectivity index (χ0n) is 14.9. The van der Waals surface area contributed by atoms with Crippen molar-refractivity contribution < 1.29 is 4.79 Å². The van der Waals surface area contributed by atoms with Crippen molar-refractivity contribution in [1.29, 1.82) is 0 Å². The molecule has 2 aliphatic rings. The van der Waals surface area contributed by atoms with Crippen molar-refractivity contribution in [1.82, 2.24) is 9.80 Å². The third-order valence-corrected chi connectivity index (χ3v) is 5.80. The van der Waals surface area contributed by atoms with Crippen LogP contribution in [0.5, 0.6) is 0 Å². The summed E-state index contributed by atoms with van der Waals surface area (Å²) < 4.78 is 0. The molecule has 1 aliphatic heterocycles. The molecule has 1 aliphatic carbocycles. The van der Waals surface area contributed by atoms with Gasteiger partial charge in [-0.2, -0.15) is 0 Å². The van der Waals surface area contributed by atoms with Crippen molar-refractivity contribution in [2.75, 3.05) is 32.7 Å². The SMILES string of the molecule is CC1(N)CCCCC1C(=O)N1CCN(CCc2ccccc2)CC1. The minimum Gasteiger partial charge on any atom is -0.340 e. The van der Waals surface area contributed by atoms with Gasteiger partial charge < -0.3 is 10.6 Å². The van der Waals surface area contributed by atoms with Crippen LogP contribution in [0, 0.1) is 5.92 Å². The molecule has 1 saturated heterocycles. The smallest absolute Gasteiger partial charge is 0.227 e. The van der Waals surface area contributed by atoms with Gasteiger partial charge >= 0.3 is 0 Å². The second-order valence-corrected chi connectivity index (χ2v) is 7.71. The highest BCUT2D eigenvalue weighted by Gasteiger charge is 2.40. The van der Waals surface area contributed by atoms with E-state index in [1.54, 1.807) is 0 Å². The molecule has 1 aromatic rings. The zero-order chi connectivity index (χ0) is 17.0. The largest absolute Gasteiger partial charge is 0.340 e. The van der Waals surface area contributed by atoms with E-state index < -0.39 is 0 Å². The maximum absolute atomic E-state index is 12.9. The summed E-state index contributed by atoms with van der Waals surface area (Å²) in [7, 11) is 0. The van der Waals surface area contributed by atoms with Crippen molar-refractivity contribution in [3.63, 3.8) is 0 Å². The Kier molecular flexibility index (Phi) is 5.57. The molecular weight excluding hydrogens is 298 g/mol. The van der Waals surface area contributed by atoms with E-state index >= 15 is 0 Å². The number of benzene rings is 1. The number of hydrogen-bond donors (Lipinski definition) is 1. The Bertz CT molecular complexity index is 535. The number of amides is 1. The summed E-state index contributed by atoms with van der Waals surface area (Å²) in [6.07, 6.45) is 5.31. The van der Waals surface area contributed by atoms with E-state index in [1.807, 2.05) is 0 Å². The fourth-order valence-corrected chi connectivity index (χ4v) is 4.11. The fourth-order valence-electron chi connectivity index (χ4n) is 4.11. The van der Waals surface area contributed by atoms with E-state index in [2.05, 4.69) is 47.1 Å². The molecule has 132 valence electrons. The Morgan fingerprint density at radius 2 is 1.88 bits per heavy atom. The monoisotopic (exact) mass is 329 g/mol. The molecule has 1 heterocycles. The van der Waals surface area contributed by atoms with Gasteiger partial charge in [0.25, 0.3) is 0 Å². The molecule has 2 N–H and O–H groups in total. The highest BCUT2D eigenvalue weighted by atomic mass is 16.2. The second kappa shape index (κ2) is 7.66. The lowest BCUT2D eigenvalue weighted by Gasteiger charge is -2.42. The molecule has 1 amide bonds. The molecule has 2 atom stereocenters. The lowest BCUT2D eigenvalue weighted by molar-refractivity contribution is -0.140. The minimum atomic E-state index is -0.320. The van der Waals surface area contributed by atoms with Gasteiger partial charge in [-0.05, 0) is 31.7 Å². The summed E-state index contributed by atoms with van der Waals surface area (Å²) in [6, 6.07) is 10.6. The molecular formula is C20H31N3O. The molecule has 3 rings (SSSR count). The topological polar surface area (TPSA) is 49.6 Å². The van der Waals surface area contributed by atoms with E-state index in [1.165, 1.54) is 5.56 Å². The number of rotatable bonds is 4. The number of nitrogens with zero attached hydrogens (tertiary/aromatic N) is 2. The molecule has 4 nitrogen and oxygen atoms in total. The van der Waals surface area contributed by atoms with Gasteiger partial charge in [0.15, 0.2) is 0 Å². The van der Waals surface area contributed by atoms with Crippen LogP contribution in [0.15, 0.2) is 30.3 Å². The lowest BCUT2D eigenvalue weighted by atomic mass is 9.74. The molecule has 2 fully saturated rings. The number of carbonyl (C=O) groups is 1. The first kappa shape index (κ1) is 17.4. The van der Waals surface area contributed by atoms with E-state index in [0.717, 1.165) is 64.8 Å². The Balaban J connectivity index is 1.47. The van der Waals surface area contributed by atoms with Crippen LogP contribution in [0.2, 0.25) is 0 Å². The van der Waals surface area contributed by atoms with E-state index in [-0.39, 0.29) is 11.5 Å². The normalized spacial score (nSPS) is 28.8. The van der Waals surface area contributed by atoms with Crippen LogP contribution in [-0.4, -0.2) is 54.0 Å². The molecule has 24 heavy (non-hydrogen) atoms. The van der Waals surface area contributed by atoms with Crippen LogP contribution in [0.25, 0.3) is 0 Å². The minimum absolute atomic E-state index is 0.0159. The highest BCUT2D eigenvalue weighted by molar-refractivity contribution is 5.80. The molecule has 0 bridgehead atoms. The molecule has 0 aromatic heterocycles. The van der Waals surface area contributed by atoms with Crippen molar-refractivity contribution in [2.24, 2.45) is 11.7 Å².